The van der Waals surface area contributed by atoms with E-state index in [4.69, 9.17) is 20.4 Å². The number of aliphatic carboxylic acids is 4. The molecule has 0 aliphatic heterocycles. The monoisotopic (exact) mass is 242 g/mol. The molecule has 0 saturated carbocycles. The summed E-state index contributed by atoms with van der Waals surface area (Å²) in [7, 11) is 0. The first-order valence-electron chi connectivity index (χ1n) is 4.12. The summed E-state index contributed by atoms with van der Waals surface area (Å²) in [6.45, 7) is 0. The van der Waals surface area contributed by atoms with Crippen LogP contribution in [0.1, 0.15) is 0 Å². The van der Waals surface area contributed by atoms with Gasteiger partial charge in [-0.15, -0.1) is 5.73 Å². The van der Waals surface area contributed by atoms with Gasteiger partial charge in [0, 0.05) is 0 Å². The molecule has 0 heterocycles. The molecule has 0 aromatic rings. The van der Waals surface area contributed by atoms with Gasteiger partial charge in [0.25, 0.3) is 0 Å². The van der Waals surface area contributed by atoms with E-state index < -0.39 is 34.7 Å². The van der Waals surface area contributed by atoms with Crippen molar-refractivity contribution < 1.29 is 39.6 Å². The lowest BCUT2D eigenvalue weighted by Gasteiger charge is -2.30. The topological polar surface area (TPSA) is 149 Å². The van der Waals surface area contributed by atoms with Crippen molar-refractivity contribution in [3.63, 3.8) is 0 Å². The van der Waals surface area contributed by atoms with E-state index in [9.17, 15) is 19.2 Å². The summed E-state index contributed by atoms with van der Waals surface area (Å²) in [4.78, 5) is 44.0. The molecular formula is C9H6O8. The van der Waals surface area contributed by atoms with Gasteiger partial charge in [0.1, 0.15) is 0 Å². The number of hydrogen-bond donors (Lipinski definition) is 4. The zero-order valence-electron chi connectivity index (χ0n) is 8.08. The fraction of sp³-hybridized carbons (Fsp3) is 0.222. The van der Waals surface area contributed by atoms with Gasteiger partial charge in [-0.3, -0.25) is 19.2 Å². The van der Waals surface area contributed by atoms with Crippen LogP contribution in [0.25, 0.3) is 0 Å². The van der Waals surface area contributed by atoms with Gasteiger partial charge in [-0.05, 0) is 12.2 Å². The van der Waals surface area contributed by atoms with Crippen molar-refractivity contribution >= 4 is 23.9 Å². The second-order valence-electron chi connectivity index (χ2n) is 3.29. The lowest BCUT2D eigenvalue weighted by Crippen LogP contribution is -2.57. The van der Waals surface area contributed by atoms with Gasteiger partial charge < -0.3 is 20.4 Å². The Kier molecular flexibility index (Phi) is 2.54. The summed E-state index contributed by atoms with van der Waals surface area (Å²) in [5.74, 6) is -8.35. The number of hydrogen-bond acceptors (Lipinski definition) is 4. The number of carbonyl (C=O) groups is 4. The van der Waals surface area contributed by atoms with Crippen LogP contribution in [0.4, 0.5) is 0 Å². The normalized spacial score (nSPS) is 18.8. The second kappa shape index (κ2) is 3.46. The molecule has 0 amide bonds. The molecule has 1 aliphatic carbocycles. The van der Waals surface area contributed by atoms with Crippen LogP contribution in [-0.2, 0) is 19.2 Å². The number of carboxylic acids is 4. The SMILES string of the molecule is O=C(O)C1(C(=O)O)C=C=CC1(C(=O)O)C(=O)O. The smallest absolute Gasteiger partial charge is 0.327 e. The van der Waals surface area contributed by atoms with Crippen molar-refractivity contribution in [2.75, 3.05) is 0 Å². The van der Waals surface area contributed by atoms with Crippen LogP contribution in [0, 0.1) is 10.8 Å². The molecule has 0 fully saturated rings. The summed E-state index contributed by atoms with van der Waals surface area (Å²) in [6.07, 6.45) is 0.833. The zero-order valence-corrected chi connectivity index (χ0v) is 8.08. The van der Waals surface area contributed by atoms with Gasteiger partial charge in [0.05, 0.1) is 0 Å². The third-order valence-electron chi connectivity index (χ3n) is 2.57. The molecule has 90 valence electrons. The lowest BCUT2D eigenvalue weighted by molar-refractivity contribution is -0.184. The first kappa shape index (κ1) is 12.5. The molecule has 0 spiro atoms. The molecule has 17 heavy (non-hydrogen) atoms. The maximum Gasteiger partial charge on any atom is 0.327 e. The van der Waals surface area contributed by atoms with Crippen LogP contribution in [0.2, 0.25) is 0 Å². The molecule has 1 rings (SSSR count). The molecule has 8 heteroatoms. The van der Waals surface area contributed by atoms with E-state index in [-0.39, 0.29) is 0 Å². The summed E-state index contributed by atoms with van der Waals surface area (Å²) >= 11 is 0. The largest absolute Gasteiger partial charge is 0.480 e. The van der Waals surface area contributed by atoms with E-state index in [2.05, 4.69) is 0 Å². The van der Waals surface area contributed by atoms with Crippen molar-refractivity contribution in [1.82, 2.24) is 0 Å². The average Bonchev–Trinajstić information content (AvgIpc) is 2.58. The fourth-order valence-electron chi connectivity index (χ4n) is 1.62. The van der Waals surface area contributed by atoms with Gasteiger partial charge in [0.15, 0.2) is 0 Å². The Morgan fingerprint density at radius 2 is 0.941 bits per heavy atom. The summed E-state index contributed by atoms with van der Waals surface area (Å²) in [5, 5.41) is 35.5. The predicted octanol–water partition coefficient (Wildman–Crippen LogP) is -0.977. The van der Waals surface area contributed by atoms with Gasteiger partial charge in [-0.1, -0.05) is 0 Å². The third-order valence-corrected chi connectivity index (χ3v) is 2.57. The maximum absolute atomic E-state index is 11.0. The second-order valence-corrected chi connectivity index (χ2v) is 3.29. The lowest BCUT2D eigenvalue weighted by atomic mass is 9.65. The zero-order chi connectivity index (χ0) is 13.4. The Hall–Kier alpha value is -2.60. The highest BCUT2D eigenvalue weighted by Gasteiger charge is 2.71. The average molecular weight is 242 g/mol. The minimum atomic E-state index is -3.11. The molecule has 0 bridgehead atoms. The molecule has 8 nitrogen and oxygen atoms in total. The summed E-state index contributed by atoms with van der Waals surface area (Å²) < 4.78 is 0. The highest BCUT2D eigenvalue weighted by atomic mass is 16.4. The van der Waals surface area contributed by atoms with Crippen molar-refractivity contribution in [2.24, 2.45) is 10.8 Å². The van der Waals surface area contributed by atoms with Crippen LogP contribution < -0.4 is 0 Å². The predicted molar refractivity (Wildman–Crippen MR) is 48.1 cm³/mol. The highest BCUT2D eigenvalue weighted by Crippen LogP contribution is 2.46. The first-order valence-corrected chi connectivity index (χ1v) is 4.12. The van der Waals surface area contributed by atoms with Crippen molar-refractivity contribution in [1.29, 1.82) is 0 Å². The molecule has 0 unspecified atom stereocenters. The van der Waals surface area contributed by atoms with Gasteiger partial charge in [-0.2, -0.15) is 0 Å². The minimum absolute atomic E-state index is 0.417. The van der Waals surface area contributed by atoms with Crippen molar-refractivity contribution in [3.8, 4) is 0 Å². The standard InChI is InChI=1S/C9H6O8/c10-4(11)8(5(12)13)2-1-3-9(8,6(14)15)7(16)17/h2-3H,(H,10,11)(H,12,13)(H,14,15)(H,16,17). The molecule has 0 radical (unpaired) electrons. The van der Waals surface area contributed by atoms with Gasteiger partial charge >= 0.3 is 23.9 Å². The minimum Gasteiger partial charge on any atom is -0.480 e. The molecule has 4 N–H and O–H groups in total. The van der Waals surface area contributed by atoms with E-state index in [1.54, 1.807) is 0 Å². The molecule has 0 atom stereocenters. The third kappa shape index (κ3) is 1.18. The Morgan fingerprint density at radius 1 is 0.706 bits per heavy atom. The molecule has 0 aromatic heterocycles. The van der Waals surface area contributed by atoms with Crippen LogP contribution in [0.3, 0.4) is 0 Å². The van der Waals surface area contributed by atoms with E-state index in [1.807, 2.05) is 5.73 Å². The van der Waals surface area contributed by atoms with Crippen LogP contribution in [0.5, 0.6) is 0 Å². The van der Waals surface area contributed by atoms with E-state index >= 15 is 0 Å². The van der Waals surface area contributed by atoms with Crippen LogP contribution in [0.15, 0.2) is 17.9 Å². The summed E-state index contributed by atoms with van der Waals surface area (Å²) in [6, 6.07) is 0. The molecule has 0 aromatic carbocycles. The number of rotatable bonds is 4. The van der Waals surface area contributed by atoms with E-state index in [0.717, 1.165) is 0 Å². The van der Waals surface area contributed by atoms with Crippen molar-refractivity contribution in [2.45, 2.75) is 0 Å². The van der Waals surface area contributed by atoms with Crippen LogP contribution >= 0.6 is 0 Å². The van der Waals surface area contributed by atoms with Crippen LogP contribution in [-0.4, -0.2) is 44.3 Å². The van der Waals surface area contributed by atoms with E-state index in [0.29, 0.717) is 12.2 Å². The fourth-order valence-corrected chi connectivity index (χ4v) is 1.62. The Morgan fingerprint density at radius 3 is 1.12 bits per heavy atom. The molecular weight excluding hydrogens is 236 g/mol. The first-order chi connectivity index (χ1) is 7.73. The Bertz CT molecular complexity index is 412. The molecule has 0 saturated heterocycles. The molecule has 1 aliphatic rings. The van der Waals surface area contributed by atoms with E-state index in [1.165, 1.54) is 0 Å². The maximum atomic E-state index is 11.0. The van der Waals surface area contributed by atoms with Crippen molar-refractivity contribution in [3.05, 3.63) is 17.9 Å². The Labute approximate surface area is 93.1 Å². The Balaban J connectivity index is 3.67. The quantitative estimate of drug-likeness (QED) is 0.363. The van der Waals surface area contributed by atoms with Gasteiger partial charge in [-0.25, -0.2) is 0 Å². The van der Waals surface area contributed by atoms with Gasteiger partial charge in [0.2, 0.25) is 10.8 Å². The number of carboxylic acid groups (broad SMARTS) is 4. The summed E-state index contributed by atoms with van der Waals surface area (Å²) in [5.41, 5.74) is -4.26. The highest BCUT2D eigenvalue weighted by molar-refractivity contribution is 6.16.